The molecule has 0 atom stereocenters. The largest absolute Gasteiger partial charge is 0.198 e. The lowest BCUT2D eigenvalue weighted by molar-refractivity contribution is 0.419. The maximum Gasteiger partial charge on any atom is 0.0669 e. The Labute approximate surface area is 79.0 Å². The highest BCUT2D eigenvalue weighted by Gasteiger charge is 2.19. The average Bonchev–Trinajstić information content (AvgIpc) is 2.02. The van der Waals surface area contributed by atoms with E-state index in [-0.39, 0.29) is 0 Å². The van der Waals surface area contributed by atoms with Gasteiger partial charge in [0.15, 0.2) is 0 Å². The highest BCUT2D eigenvalue weighted by Crippen LogP contribution is 2.36. The molecule has 0 saturated heterocycles. The summed E-state index contributed by atoms with van der Waals surface area (Å²) < 4.78 is 0. The third kappa shape index (κ3) is 1.72. The summed E-state index contributed by atoms with van der Waals surface area (Å²) in [6.07, 6.45) is 4.57. The molecule has 13 heavy (non-hydrogen) atoms. The van der Waals surface area contributed by atoms with Crippen LogP contribution in [0.3, 0.4) is 0 Å². The van der Waals surface area contributed by atoms with E-state index < -0.39 is 0 Å². The van der Waals surface area contributed by atoms with Crippen LogP contribution in [0.5, 0.6) is 0 Å². The van der Waals surface area contributed by atoms with Crippen molar-refractivity contribution in [2.24, 2.45) is 0 Å². The summed E-state index contributed by atoms with van der Waals surface area (Å²) in [5.74, 6) is 0.777. The van der Waals surface area contributed by atoms with Gasteiger partial charge in [0.2, 0.25) is 0 Å². The highest BCUT2D eigenvalue weighted by atomic mass is 14.2. The minimum absolute atomic E-state index is 0.542. The monoisotopic (exact) mass is 171 g/mol. The minimum atomic E-state index is 0.542. The van der Waals surface area contributed by atoms with Gasteiger partial charge in [0, 0.05) is 0 Å². The molecule has 0 bridgehead atoms. The number of hydrogen-bond donors (Lipinski definition) is 0. The van der Waals surface area contributed by atoms with E-state index in [0.717, 1.165) is 11.5 Å². The summed E-state index contributed by atoms with van der Waals surface area (Å²) >= 11 is 0. The molecule has 0 aliphatic heterocycles. The second-order valence-corrected chi connectivity index (χ2v) is 3.71. The Morgan fingerprint density at radius 3 is 2.85 bits per heavy atom. The standard InChI is InChI=1S/C12H13N/c13-8-7-10-3-1-6-12(9-10)11-4-2-5-11/h1,3,6,9,11H,2,4-5,7H2. The predicted octanol–water partition coefficient (Wildman–Crippen LogP) is 3.02. The zero-order valence-electron chi connectivity index (χ0n) is 7.66. The Hall–Kier alpha value is -1.29. The molecule has 1 aromatic rings. The first-order valence-corrected chi connectivity index (χ1v) is 4.86. The quantitative estimate of drug-likeness (QED) is 0.671. The Bertz CT molecular complexity index is 331. The van der Waals surface area contributed by atoms with Gasteiger partial charge in [-0.2, -0.15) is 5.26 Å². The number of nitrogens with zero attached hydrogens (tertiary/aromatic N) is 1. The van der Waals surface area contributed by atoms with E-state index in [2.05, 4.69) is 24.3 Å². The summed E-state index contributed by atoms with van der Waals surface area (Å²) in [4.78, 5) is 0. The van der Waals surface area contributed by atoms with E-state index in [1.165, 1.54) is 24.8 Å². The molecule has 0 unspecified atom stereocenters. The molecular formula is C12H13N. The Balaban J connectivity index is 2.17. The van der Waals surface area contributed by atoms with E-state index in [9.17, 15) is 0 Å². The van der Waals surface area contributed by atoms with Gasteiger partial charge < -0.3 is 0 Å². The molecule has 0 amide bonds. The molecule has 1 aliphatic carbocycles. The molecule has 0 heterocycles. The Morgan fingerprint density at radius 2 is 2.23 bits per heavy atom. The fourth-order valence-corrected chi connectivity index (χ4v) is 1.79. The summed E-state index contributed by atoms with van der Waals surface area (Å²) in [5.41, 5.74) is 2.59. The van der Waals surface area contributed by atoms with Crippen LogP contribution in [-0.2, 0) is 6.42 Å². The molecule has 2 rings (SSSR count). The molecule has 1 aliphatic rings. The van der Waals surface area contributed by atoms with Gasteiger partial charge in [-0.1, -0.05) is 30.7 Å². The third-order valence-corrected chi connectivity index (χ3v) is 2.81. The minimum Gasteiger partial charge on any atom is -0.198 e. The van der Waals surface area contributed by atoms with Gasteiger partial charge in [-0.3, -0.25) is 0 Å². The topological polar surface area (TPSA) is 23.8 Å². The number of hydrogen-bond acceptors (Lipinski definition) is 1. The lowest BCUT2D eigenvalue weighted by Gasteiger charge is -2.25. The first kappa shape index (κ1) is 8.31. The third-order valence-electron chi connectivity index (χ3n) is 2.81. The van der Waals surface area contributed by atoms with Crippen molar-refractivity contribution in [2.75, 3.05) is 0 Å². The Kier molecular flexibility index (Phi) is 2.31. The van der Waals surface area contributed by atoms with E-state index in [1.54, 1.807) is 0 Å². The van der Waals surface area contributed by atoms with Crippen molar-refractivity contribution >= 4 is 0 Å². The summed E-state index contributed by atoms with van der Waals surface area (Å²) in [6.45, 7) is 0. The first-order chi connectivity index (χ1) is 6.40. The predicted molar refractivity (Wildman–Crippen MR) is 52.4 cm³/mol. The second-order valence-electron chi connectivity index (χ2n) is 3.71. The molecular weight excluding hydrogens is 158 g/mol. The summed E-state index contributed by atoms with van der Waals surface area (Å²) in [7, 11) is 0. The van der Waals surface area contributed by atoms with E-state index in [0.29, 0.717) is 6.42 Å². The molecule has 1 saturated carbocycles. The molecule has 0 spiro atoms. The molecule has 1 aromatic carbocycles. The second kappa shape index (κ2) is 3.62. The van der Waals surface area contributed by atoms with Gasteiger partial charge in [0.05, 0.1) is 12.5 Å². The highest BCUT2D eigenvalue weighted by molar-refractivity contribution is 5.29. The maximum atomic E-state index is 8.57. The normalized spacial score (nSPS) is 16.2. The van der Waals surface area contributed by atoms with Crippen molar-refractivity contribution in [3.63, 3.8) is 0 Å². The summed E-state index contributed by atoms with van der Waals surface area (Å²) in [6, 6.07) is 10.7. The van der Waals surface area contributed by atoms with Crippen LogP contribution in [0.25, 0.3) is 0 Å². The molecule has 66 valence electrons. The number of nitriles is 1. The molecule has 1 heteroatoms. The van der Waals surface area contributed by atoms with E-state index in [4.69, 9.17) is 5.26 Å². The van der Waals surface area contributed by atoms with Crippen LogP contribution in [0.4, 0.5) is 0 Å². The average molecular weight is 171 g/mol. The van der Waals surface area contributed by atoms with Crippen molar-refractivity contribution in [1.29, 1.82) is 5.26 Å². The molecule has 0 radical (unpaired) electrons. The van der Waals surface area contributed by atoms with Crippen LogP contribution in [0.2, 0.25) is 0 Å². The van der Waals surface area contributed by atoms with Crippen LogP contribution in [-0.4, -0.2) is 0 Å². The zero-order valence-corrected chi connectivity index (χ0v) is 7.66. The van der Waals surface area contributed by atoms with Crippen LogP contribution in [0.15, 0.2) is 24.3 Å². The lowest BCUT2D eigenvalue weighted by atomic mass is 9.79. The Morgan fingerprint density at radius 1 is 1.38 bits per heavy atom. The van der Waals surface area contributed by atoms with Crippen LogP contribution >= 0.6 is 0 Å². The van der Waals surface area contributed by atoms with Crippen LogP contribution in [0.1, 0.15) is 36.3 Å². The zero-order chi connectivity index (χ0) is 9.10. The smallest absolute Gasteiger partial charge is 0.0669 e. The van der Waals surface area contributed by atoms with Gasteiger partial charge in [-0.15, -0.1) is 0 Å². The first-order valence-electron chi connectivity index (χ1n) is 4.86. The van der Waals surface area contributed by atoms with Crippen molar-refractivity contribution < 1.29 is 0 Å². The van der Waals surface area contributed by atoms with Gasteiger partial charge in [0.25, 0.3) is 0 Å². The number of benzene rings is 1. The molecule has 1 fully saturated rings. The van der Waals surface area contributed by atoms with Gasteiger partial charge in [-0.05, 0) is 29.9 Å². The molecule has 0 aromatic heterocycles. The van der Waals surface area contributed by atoms with Gasteiger partial charge in [-0.25, -0.2) is 0 Å². The molecule has 1 nitrogen and oxygen atoms in total. The van der Waals surface area contributed by atoms with E-state index in [1.807, 2.05) is 6.07 Å². The van der Waals surface area contributed by atoms with Crippen molar-refractivity contribution in [3.8, 4) is 6.07 Å². The lowest BCUT2D eigenvalue weighted by Crippen LogP contribution is -2.08. The van der Waals surface area contributed by atoms with Crippen molar-refractivity contribution in [3.05, 3.63) is 35.4 Å². The van der Waals surface area contributed by atoms with Gasteiger partial charge in [0.1, 0.15) is 0 Å². The van der Waals surface area contributed by atoms with Crippen molar-refractivity contribution in [1.82, 2.24) is 0 Å². The van der Waals surface area contributed by atoms with Crippen LogP contribution < -0.4 is 0 Å². The number of rotatable bonds is 2. The van der Waals surface area contributed by atoms with Crippen molar-refractivity contribution in [2.45, 2.75) is 31.6 Å². The fraction of sp³-hybridized carbons (Fsp3) is 0.417. The SMILES string of the molecule is N#CCc1cccc(C2CCC2)c1. The maximum absolute atomic E-state index is 8.57. The molecule has 0 N–H and O–H groups in total. The fourth-order valence-electron chi connectivity index (χ4n) is 1.79. The van der Waals surface area contributed by atoms with Crippen LogP contribution in [0, 0.1) is 11.3 Å². The van der Waals surface area contributed by atoms with E-state index >= 15 is 0 Å². The summed E-state index contributed by atoms with van der Waals surface area (Å²) in [5, 5.41) is 8.57. The van der Waals surface area contributed by atoms with Gasteiger partial charge >= 0.3 is 0 Å².